The van der Waals surface area contributed by atoms with Crippen LogP contribution in [0.1, 0.15) is 32.6 Å². The van der Waals surface area contributed by atoms with Crippen LogP contribution in [0.25, 0.3) is 22.4 Å². The lowest BCUT2D eigenvalue weighted by molar-refractivity contribution is -0.126. The van der Waals surface area contributed by atoms with Crippen molar-refractivity contribution in [1.29, 1.82) is 0 Å². The lowest BCUT2D eigenvalue weighted by Crippen LogP contribution is -2.51. The fourth-order valence-corrected chi connectivity index (χ4v) is 5.36. The van der Waals surface area contributed by atoms with E-state index >= 15 is 0 Å². The third-order valence-electron chi connectivity index (χ3n) is 6.53. The van der Waals surface area contributed by atoms with Gasteiger partial charge in [-0.1, -0.05) is 11.6 Å². The van der Waals surface area contributed by atoms with Crippen LogP contribution in [0.2, 0.25) is 5.02 Å². The molecule has 2 bridgehead atoms. The zero-order valence-electron chi connectivity index (χ0n) is 16.3. The summed E-state index contributed by atoms with van der Waals surface area (Å²) in [7, 11) is 0. The molecular formula is C21H20ClF2N5O. The van der Waals surface area contributed by atoms with E-state index in [0.717, 1.165) is 31.7 Å². The Hall–Kier alpha value is -2.61. The summed E-state index contributed by atoms with van der Waals surface area (Å²) in [4.78, 5) is 20.7. The summed E-state index contributed by atoms with van der Waals surface area (Å²) < 4.78 is 29.3. The normalized spacial score (nSPS) is 25.6. The molecular weight excluding hydrogens is 412 g/mol. The summed E-state index contributed by atoms with van der Waals surface area (Å²) in [5, 5.41) is 10.8. The van der Waals surface area contributed by atoms with E-state index in [1.807, 2.05) is 0 Å². The molecule has 0 amide bonds. The highest BCUT2D eigenvalue weighted by Crippen LogP contribution is 2.46. The first kappa shape index (κ1) is 19.4. The smallest absolute Gasteiger partial charge is 0.181 e. The number of ketones is 1. The second-order valence-corrected chi connectivity index (χ2v) is 8.69. The molecule has 0 spiro atoms. The molecule has 0 aromatic carbocycles. The second kappa shape index (κ2) is 7.27. The molecule has 6 rings (SSSR count). The van der Waals surface area contributed by atoms with Gasteiger partial charge in [-0.3, -0.25) is 9.89 Å². The maximum atomic E-state index is 14.7. The monoisotopic (exact) mass is 431 g/mol. The Morgan fingerprint density at radius 2 is 1.90 bits per heavy atom. The van der Waals surface area contributed by atoms with Crippen molar-refractivity contribution in [2.24, 2.45) is 17.8 Å². The number of halogens is 3. The van der Waals surface area contributed by atoms with Crippen molar-refractivity contribution in [3.05, 3.63) is 35.0 Å². The second-order valence-electron chi connectivity index (χ2n) is 8.25. The molecule has 0 radical (unpaired) electrons. The van der Waals surface area contributed by atoms with Crippen molar-refractivity contribution in [1.82, 2.24) is 20.2 Å². The van der Waals surface area contributed by atoms with E-state index in [0.29, 0.717) is 22.0 Å². The number of H-pyrrole nitrogens is 1. The van der Waals surface area contributed by atoms with Crippen LogP contribution in [0.4, 0.5) is 14.6 Å². The number of aromatic amines is 1. The summed E-state index contributed by atoms with van der Waals surface area (Å²) in [5.74, 6) is -1.18. The number of carbonyl (C=O) groups excluding carboxylic acids is 1. The van der Waals surface area contributed by atoms with Crippen molar-refractivity contribution >= 4 is 34.2 Å². The van der Waals surface area contributed by atoms with Gasteiger partial charge >= 0.3 is 0 Å². The Morgan fingerprint density at radius 1 is 1.17 bits per heavy atom. The lowest BCUT2D eigenvalue weighted by Gasteiger charge is -2.48. The molecule has 30 heavy (non-hydrogen) atoms. The number of fused-ring (bicyclic) bond motifs is 4. The third kappa shape index (κ3) is 3.14. The zero-order valence-corrected chi connectivity index (χ0v) is 17.0. The average molecular weight is 432 g/mol. The largest absolute Gasteiger partial charge is 0.364 e. The van der Waals surface area contributed by atoms with Crippen molar-refractivity contribution in [3.63, 3.8) is 0 Å². The number of Topliss-reactive ketones (excluding diaryl/α,β-unsaturated/α-hetero) is 1. The minimum absolute atomic E-state index is 0.0621. The van der Waals surface area contributed by atoms with E-state index in [1.54, 1.807) is 13.0 Å². The maximum Gasteiger partial charge on any atom is 0.181 e. The first-order valence-corrected chi connectivity index (χ1v) is 10.4. The number of aromatic nitrogens is 4. The molecule has 2 atom stereocenters. The molecule has 3 aromatic heterocycles. The molecule has 2 N–H and O–H groups in total. The molecule has 0 unspecified atom stereocenters. The van der Waals surface area contributed by atoms with Crippen LogP contribution in [0.5, 0.6) is 0 Å². The Kier molecular flexibility index (Phi) is 4.69. The minimum atomic E-state index is -0.822. The van der Waals surface area contributed by atoms with Crippen LogP contribution >= 0.6 is 11.6 Å². The van der Waals surface area contributed by atoms with E-state index in [4.69, 9.17) is 11.6 Å². The highest BCUT2D eigenvalue weighted by molar-refractivity contribution is 6.31. The predicted molar refractivity (Wildman–Crippen MR) is 109 cm³/mol. The number of carbonyl (C=O) groups is 1. The molecule has 3 aliphatic carbocycles. The van der Waals surface area contributed by atoms with Gasteiger partial charge in [0.25, 0.3) is 0 Å². The quantitative estimate of drug-likeness (QED) is 0.622. The molecule has 3 heterocycles. The molecule has 3 aliphatic rings. The number of hydrogen-bond acceptors (Lipinski definition) is 5. The summed E-state index contributed by atoms with van der Waals surface area (Å²) in [6, 6.07) is 2.20. The highest BCUT2D eigenvalue weighted by atomic mass is 35.5. The summed E-state index contributed by atoms with van der Waals surface area (Å²) in [6.07, 6.45) is 5.47. The van der Waals surface area contributed by atoms with Gasteiger partial charge in [-0.2, -0.15) is 5.10 Å². The molecule has 156 valence electrons. The molecule has 3 saturated carbocycles. The van der Waals surface area contributed by atoms with Gasteiger partial charge in [0, 0.05) is 29.6 Å². The first-order valence-electron chi connectivity index (χ1n) is 10.1. The molecule has 6 nitrogen and oxygen atoms in total. The van der Waals surface area contributed by atoms with E-state index in [9.17, 15) is 13.6 Å². The molecule has 9 heteroatoms. The van der Waals surface area contributed by atoms with E-state index in [2.05, 4.69) is 25.5 Å². The van der Waals surface area contributed by atoms with E-state index in [1.165, 1.54) is 6.20 Å². The van der Waals surface area contributed by atoms with Crippen LogP contribution in [0.3, 0.4) is 0 Å². The Labute approximate surface area is 176 Å². The zero-order chi connectivity index (χ0) is 21.0. The van der Waals surface area contributed by atoms with Gasteiger partial charge in [0.05, 0.1) is 10.7 Å². The predicted octanol–water partition coefficient (Wildman–Crippen LogP) is 4.76. The maximum absolute atomic E-state index is 14.7. The number of anilines is 1. The van der Waals surface area contributed by atoms with Crippen LogP contribution < -0.4 is 5.32 Å². The molecule has 3 aromatic rings. The number of pyridine rings is 2. The fraction of sp³-hybridized carbons (Fsp3) is 0.429. The molecule has 0 aliphatic heterocycles. The van der Waals surface area contributed by atoms with Gasteiger partial charge < -0.3 is 5.32 Å². The standard InChI is InChI=1S/C21H20ClF2N5O/c1-9(30)16-10-2-4-11(5-3-10)17(16)26-21-15(24)7-14(23)19(27-21)18-13-6-12(22)8-25-20(13)29-28-18/h6-8,10-11,16-17H,2-5H2,1H3,(H,26,27)(H,25,28,29)/t10?,11?,16-,17-/m1/s1. The fourth-order valence-electron chi connectivity index (χ4n) is 5.20. The van der Waals surface area contributed by atoms with Gasteiger partial charge in [0.2, 0.25) is 0 Å². The molecule has 3 fully saturated rings. The summed E-state index contributed by atoms with van der Waals surface area (Å²) in [5.41, 5.74) is 0.551. The van der Waals surface area contributed by atoms with Gasteiger partial charge in [-0.05, 0) is 50.5 Å². The van der Waals surface area contributed by atoms with Crippen LogP contribution in [0, 0.1) is 29.4 Å². The number of hydrogen-bond donors (Lipinski definition) is 2. The number of nitrogens with zero attached hydrogens (tertiary/aromatic N) is 3. The van der Waals surface area contributed by atoms with Crippen molar-refractivity contribution < 1.29 is 13.6 Å². The van der Waals surface area contributed by atoms with E-state index < -0.39 is 11.6 Å². The van der Waals surface area contributed by atoms with Gasteiger partial charge in [0.1, 0.15) is 11.5 Å². The first-order chi connectivity index (χ1) is 14.4. The van der Waals surface area contributed by atoms with Crippen molar-refractivity contribution in [2.45, 2.75) is 38.6 Å². The lowest BCUT2D eigenvalue weighted by atomic mass is 9.60. The van der Waals surface area contributed by atoms with Gasteiger partial charge in [-0.25, -0.2) is 18.7 Å². The SMILES string of the molecule is CC(=O)[C@@H]1C2CCC(CC2)[C@H]1Nc1nc(-c2[nH]nc3ncc(Cl)cc23)c(F)cc1F. The highest BCUT2D eigenvalue weighted by Gasteiger charge is 2.46. The van der Waals surface area contributed by atoms with Crippen molar-refractivity contribution in [2.75, 3.05) is 5.32 Å². The van der Waals surface area contributed by atoms with Gasteiger partial charge in [0.15, 0.2) is 23.1 Å². The van der Waals surface area contributed by atoms with Gasteiger partial charge in [-0.15, -0.1) is 0 Å². The summed E-state index contributed by atoms with van der Waals surface area (Å²) in [6.45, 7) is 1.59. The summed E-state index contributed by atoms with van der Waals surface area (Å²) >= 11 is 6.02. The minimum Gasteiger partial charge on any atom is -0.364 e. The number of nitrogens with one attached hydrogen (secondary N) is 2. The van der Waals surface area contributed by atoms with Crippen molar-refractivity contribution in [3.8, 4) is 11.4 Å². The van der Waals surface area contributed by atoms with Crippen LogP contribution in [-0.2, 0) is 4.79 Å². The van der Waals surface area contributed by atoms with Crippen LogP contribution in [-0.4, -0.2) is 32.0 Å². The third-order valence-corrected chi connectivity index (χ3v) is 6.74. The Bertz CT molecular complexity index is 1140. The molecule has 0 saturated heterocycles. The Balaban J connectivity index is 1.55. The Morgan fingerprint density at radius 3 is 2.63 bits per heavy atom. The average Bonchev–Trinajstić information content (AvgIpc) is 3.13. The van der Waals surface area contributed by atoms with Crippen LogP contribution in [0.15, 0.2) is 18.3 Å². The number of rotatable bonds is 4. The topological polar surface area (TPSA) is 83.6 Å². The van der Waals surface area contributed by atoms with E-state index in [-0.39, 0.29) is 40.9 Å².